The van der Waals surface area contributed by atoms with Gasteiger partial charge in [0.1, 0.15) is 0 Å². The summed E-state index contributed by atoms with van der Waals surface area (Å²) in [4.78, 5) is 0. The van der Waals surface area contributed by atoms with Crippen molar-refractivity contribution in [2.75, 3.05) is 0 Å². The standard InChI is InChI=1S/C24H32Si/c1-15-16(2)18(4)23(17(15)3)25(5,6)24-21-13-9-7-11-19(21)20-12-8-10-14-22(20)24/h7-18,23-24H,1-6H3. The molecule has 4 rings (SSSR count). The van der Waals surface area contributed by atoms with Gasteiger partial charge >= 0.3 is 0 Å². The molecule has 25 heavy (non-hydrogen) atoms. The summed E-state index contributed by atoms with van der Waals surface area (Å²) in [6.45, 7) is 15.4. The smallest absolute Gasteiger partial charge is 0.0640 e. The van der Waals surface area contributed by atoms with E-state index in [2.05, 4.69) is 89.3 Å². The minimum atomic E-state index is -1.55. The molecule has 132 valence electrons. The first-order valence-corrected chi connectivity index (χ1v) is 13.2. The van der Waals surface area contributed by atoms with E-state index in [-0.39, 0.29) is 0 Å². The van der Waals surface area contributed by atoms with Crippen molar-refractivity contribution in [2.45, 2.75) is 51.9 Å². The maximum absolute atomic E-state index is 2.68. The highest BCUT2D eigenvalue weighted by Gasteiger charge is 2.54. The molecule has 2 aromatic rings. The average Bonchev–Trinajstić information content (AvgIpc) is 3.04. The van der Waals surface area contributed by atoms with Crippen LogP contribution in [0, 0.1) is 23.7 Å². The Kier molecular flexibility index (Phi) is 3.99. The minimum absolute atomic E-state index is 0.646. The van der Waals surface area contributed by atoms with Gasteiger partial charge in [0.05, 0.1) is 8.07 Å². The van der Waals surface area contributed by atoms with Gasteiger partial charge in [-0.25, -0.2) is 0 Å². The van der Waals surface area contributed by atoms with Crippen LogP contribution in [0.3, 0.4) is 0 Å². The van der Waals surface area contributed by atoms with E-state index in [1.165, 1.54) is 11.1 Å². The van der Waals surface area contributed by atoms with Gasteiger partial charge < -0.3 is 0 Å². The van der Waals surface area contributed by atoms with Gasteiger partial charge in [-0.3, -0.25) is 0 Å². The molecule has 0 N–H and O–H groups in total. The predicted molar refractivity (Wildman–Crippen MR) is 112 cm³/mol. The Balaban J connectivity index is 1.86. The Morgan fingerprint density at radius 3 is 1.44 bits per heavy atom. The van der Waals surface area contributed by atoms with Crippen LogP contribution in [0.4, 0.5) is 0 Å². The molecule has 1 saturated carbocycles. The highest BCUT2D eigenvalue weighted by molar-refractivity contribution is 6.81. The Bertz CT molecular complexity index is 731. The second kappa shape index (κ2) is 5.84. The number of hydrogen-bond acceptors (Lipinski definition) is 0. The van der Waals surface area contributed by atoms with Crippen molar-refractivity contribution in [3.63, 3.8) is 0 Å². The Morgan fingerprint density at radius 1 is 0.600 bits per heavy atom. The first-order chi connectivity index (χ1) is 11.9. The van der Waals surface area contributed by atoms with Crippen LogP contribution < -0.4 is 0 Å². The molecule has 0 aliphatic heterocycles. The van der Waals surface area contributed by atoms with Crippen LogP contribution in [-0.2, 0) is 0 Å². The molecule has 0 aromatic heterocycles. The van der Waals surface area contributed by atoms with E-state index in [4.69, 9.17) is 0 Å². The van der Waals surface area contributed by atoms with Crippen molar-refractivity contribution < 1.29 is 0 Å². The van der Waals surface area contributed by atoms with E-state index in [9.17, 15) is 0 Å². The van der Waals surface area contributed by atoms with Crippen LogP contribution >= 0.6 is 0 Å². The van der Waals surface area contributed by atoms with Crippen molar-refractivity contribution >= 4 is 8.07 Å². The molecule has 0 radical (unpaired) electrons. The third-order valence-corrected chi connectivity index (χ3v) is 12.9. The van der Waals surface area contributed by atoms with E-state index in [0.29, 0.717) is 5.54 Å². The summed E-state index contributed by atoms with van der Waals surface area (Å²) >= 11 is 0. The third-order valence-electron chi connectivity index (χ3n) is 8.06. The molecule has 0 amide bonds. The second-order valence-corrected chi connectivity index (χ2v) is 14.3. The molecule has 2 aliphatic carbocycles. The second-order valence-electron chi connectivity index (χ2n) is 9.39. The molecule has 2 aliphatic rings. The van der Waals surface area contributed by atoms with Crippen LogP contribution in [0.5, 0.6) is 0 Å². The number of benzene rings is 2. The van der Waals surface area contributed by atoms with Gasteiger partial charge in [0.2, 0.25) is 0 Å². The van der Waals surface area contributed by atoms with E-state index in [1.54, 1.807) is 11.1 Å². The summed E-state index contributed by atoms with van der Waals surface area (Å²) in [6, 6.07) is 18.4. The van der Waals surface area contributed by atoms with Crippen LogP contribution in [0.25, 0.3) is 11.1 Å². The molecule has 0 bridgehead atoms. The molecule has 1 heteroatoms. The van der Waals surface area contributed by atoms with Crippen molar-refractivity contribution in [3.05, 3.63) is 59.7 Å². The van der Waals surface area contributed by atoms with Gasteiger partial charge in [0.15, 0.2) is 0 Å². The molecule has 0 saturated heterocycles. The van der Waals surface area contributed by atoms with Gasteiger partial charge in [0, 0.05) is 5.54 Å². The lowest BCUT2D eigenvalue weighted by molar-refractivity contribution is 0.352. The number of hydrogen-bond donors (Lipinski definition) is 0. The van der Waals surface area contributed by atoms with Gasteiger partial charge in [-0.2, -0.15) is 0 Å². The Labute approximate surface area is 154 Å². The average molecular weight is 349 g/mol. The lowest BCUT2D eigenvalue weighted by Crippen LogP contribution is -2.43. The first kappa shape index (κ1) is 17.1. The normalized spacial score (nSPS) is 31.8. The van der Waals surface area contributed by atoms with Gasteiger partial charge in [-0.1, -0.05) is 89.3 Å². The van der Waals surface area contributed by atoms with Gasteiger partial charge in [-0.15, -0.1) is 0 Å². The van der Waals surface area contributed by atoms with Crippen molar-refractivity contribution in [3.8, 4) is 11.1 Å². The van der Waals surface area contributed by atoms with E-state index >= 15 is 0 Å². The van der Waals surface area contributed by atoms with Crippen LogP contribution in [-0.4, -0.2) is 8.07 Å². The zero-order chi connectivity index (χ0) is 17.9. The zero-order valence-electron chi connectivity index (χ0n) is 16.6. The molecule has 0 nitrogen and oxygen atoms in total. The van der Waals surface area contributed by atoms with Crippen molar-refractivity contribution in [1.29, 1.82) is 0 Å². The van der Waals surface area contributed by atoms with E-state index < -0.39 is 8.07 Å². The fourth-order valence-electron chi connectivity index (χ4n) is 6.60. The highest BCUT2D eigenvalue weighted by atomic mass is 28.3. The summed E-state index contributed by atoms with van der Waals surface area (Å²) in [6.07, 6.45) is 0. The Hall–Kier alpha value is -1.34. The molecular formula is C24H32Si. The largest absolute Gasteiger partial charge is 0.0684 e. The number of rotatable bonds is 2. The quantitative estimate of drug-likeness (QED) is 0.514. The van der Waals surface area contributed by atoms with Crippen LogP contribution in [0.1, 0.15) is 44.4 Å². The van der Waals surface area contributed by atoms with Gasteiger partial charge in [-0.05, 0) is 51.5 Å². The SMILES string of the molecule is CC1C(C)C(C)C([Si](C)(C)C2c3ccccc3-c3ccccc32)C1C. The molecule has 4 atom stereocenters. The summed E-state index contributed by atoms with van der Waals surface area (Å²) < 4.78 is 0. The zero-order valence-corrected chi connectivity index (χ0v) is 17.6. The topological polar surface area (TPSA) is 0 Å². The molecule has 0 heterocycles. The maximum Gasteiger partial charge on any atom is 0.0640 e. The summed E-state index contributed by atoms with van der Waals surface area (Å²) in [7, 11) is -1.55. The fraction of sp³-hybridized carbons (Fsp3) is 0.500. The summed E-state index contributed by atoms with van der Waals surface area (Å²) in [5, 5.41) is 0. The van der Waals surface area contributed by atoms with E-state index in [1.807, 2.05) is 0 Å². The monoisotopic (exact) mass is 348 g/mol. The molecular weight excluding hydrogens is 316 g/mol. The van der Waals surface area contributed by atoms with Crippen molar-refractivity contribution in [2.24, 2.45) is 23.7 Å². The number of fused-ring (bicyclic) bond motifs is 3. The molecule has 2 aromatic carbocycles. The van der Waals surface area contributed by atoms with Crippen molar-refractivity contribution in [1.82, 2.24) is 0 Å². The van der Waals surface area contributed by atoms with Gasteiger partial charge in [0.25, 0.3) is 0 Å². The molecule has 1 fully saturated rings. The predicted octanol–water partition coefficient (Wildman–Crippen LogP) is 6.97. The molecule has 4 unspecified atom stereocenters. The van der Waals surface area contributed by atoms with Crippen LogP contribution in [0.2, 0.25) is 18.6 Å². The minimum Gasteiger partial charge on any atom is -0.0684 e. The van der Waals surface area contributed by atoms with Crippen LogP contribution in [0.15, 0.2) is 48.5 Å². The molecule has 0 spiro atoms. The fourth-order valence-corrected chi connectivity index (χ4v) is 12.4. The highest BCUT2D eigenvalue weighted by Crippen LogP contribution is 2.60. The Morgan fingerprint density at radius 2 is 1.00 bits per heavy atom. The lowest BCUT2D eigenvalue weighted by Gasteiger charge is -2.42. The third kappa shape index (κ3) is 2.31. The first-order valence-electron chi connectivity index (χ1n) is 10.0. The summed E-state index contributed by atoms with van der Waals surface area (Å²) in [5.74, 6) is 3.37. The van der Waals surface area contributed by atoms with E-state index in [0.717, 1.165) is 29.2 Å². The maximum atomic E-state index is 2.68. The lowest BCUT2D eigenvalue weighted by atomic mass is 9.92. The summed E-state index contributed by atoms with van der Waals surface area (Å²) in [5.41, 5.74) is 7.72.